The quantitative estimate of drug-likeness (QED) is 0.289. The number of carbonyl (C=O) groups is 3. The molecule has 2 aliphatic heterocycles. The van der Waals surface area contributed by atoms with Gasteiger partial charge >= 0.3 is 0 Å². The Labute approximate surface area is 226 Å². The normalized spacial score (nSPS) is 16.9. The van der Waals surface area contributed by atoms with Crippen LogP contribution in [0.3, 0.4) is 0 Å². The second kappa shape index (κ2) is 11.1. The number of hydrogen-bond acceptors (Lipinski definition) is 6. The molecule has 3 heterocycles. The fourth-order valence-electron chi connectivity index (χ4n) is 5.20. The number of imide groups is 1. The lowest BCUT2D eigenvalue weighted by Gasteiger charge is -2.36. The average Bonchev–Trinajstić information content (AvgIpc) is 3.52. The number of nitrogens with zero attached hydrogens (tertiary/aromatic N) is 4. The van der Waals surface area contributed by atoms with E-state index in [9.17, 15) is 14.4 Å². The van der Waals surface area contributed by atoms with Gasteiger partial charge in [0.2, 0.25) is 5.91 Å². The Balaban J connectivity index is 1.36. The standard InChI is InChI=1S/C30H30N4O3S/c1-3-15-32(16-4-2)28(35)22-12-9-17-33(18-22)25-14-8-13-23-27(25)30(37)34(29(23)36)19-26-31-24(20-38-26)21-10-6-5-7-11-21/h3-8,10-11,13-14,20,22H,1-2,9,12,15-19H2/t22-/m1/s1. The van der Waals surface area contributed by atoms with E-state index in [4.69, 9.17) is 0 Å². The second-order valence-electron chi connectivity index (χ2n) is 9.49. The van der Waals surface area contributed by atoms with E-state index in [0.717, 1.165) is 30.6 Å². The summed E-state index contributed by atoms with van der Waals surface area (Å²) in [5, 5.41) is 2.65. The number of carbonyl (C=O) groups excluding carboxylic acids is 3. The molecule has 0 saturated carbocycles. The Morgan fingerprint density at radius 2 is 1.82 bits per heavy atom. The minimum absolute atomic E-state index is 0.0593. The van der Waals surface area contributed by atoms with Crippen molar-refractivity contribution < 1.29 is 14.4 Å². The molecule has 0 aliphatic carbocycles. The van der Waals surface area contributed by atoms with Gasteiger partial charge in [-0.1, -0.05) is 48.6 Å². The Morgan fingerprint density at radius 3 is 2.55 bits per heavy atom. The lowest BCUT2D eigenvalue weighted by atomic mass is 9.94. The van der Waals surface area contributed by atoms with Gasteiger partial charge in [0.25, 0.3) is 11.8 Å². The number of hydrogen-bond donors (Lipinski definition) is 0. The highest BCUT2D eigenvalue weighted by Crippen LogP contribution is 2.35. The van der Waals surface area contributed by atoms with Crippen molar-refractivity contribution in [2.75, 3.05) is 31.1 Å². The lowest BCUT2D eigenvalue weighted by molar-refractivity contribution is -0.134. The fourth-order valence-corrected chi connectivity index (χ4v) is 6.00. The minimum atomic E-state index is -0.314. The fraction of sp³-hybridized carbons (Fsp3) is 0.267. The molecule has 38 heavy (non-hydrogen) atoms. The summed E-state index contributed by atoms with van der Waals surface area (Å²) >= 11 is 1.44. The van der Waals surface area contributed by atoms with E-state index in [2.05, 4.69) is 23.0 Å². The predicted molar refractivity (Wildman–Crippen MR) is 150 cm³/mol. The van der Waals surface area contributed by atoms with Crippen LogP contribution in [0, 0.1) is 5.92 Å². The molecule has 3 aromatic rings. The van der Waals surface area contributed by atoms with E-state index >= 15 is 0 Å². The van der Waals surface area contributed by atoms with E-state index in [1.54, 1.807) is 23.1 Å². The van der Waals surface area contributed by atoms with Crippen LogP contribution < -0.4 is 4.90 Å². The smallest absolute Gasteiger partial charge is 0.264 e. The Bertz CT molecular complexity index is 1370. The topological polar surface area (TPSA) is 73.8 Å². The summed E-state index contributed by atoms with van der Waals surface area (Å²) in [4.78, 5) is 49.9. The van der Waals surface area contributed by atoms with Crippen molar-refractivity contribution in [3.05, 3.63) is 95.4 Å². The Morgan fingerprint density at radius 1 is 1.05 bits per heavy atom. The molecule has 3 amide bonds. The summed E-state index contributed by atoms with van der Waals surface area (Å²) in [6.45, 7) is 9.80. The first-order valence-corrected chi connectivity index (χ1v) is 13.6. The SMILES string of the molecule is C=CCN(CC=C)C(=O)[C@@H]1CCCN(c2cccc3c2C(=O)N(Cc2nc(-c4ccccc4)cs2)C3=O)C1. The van der Waals surface area contributed by atoms with Crippen molar-refractivity contribution in [3.8, 4) is 11.3 Å². The summed E-state index contributed by atoms with van der Waals surface area (Å²) in [6.07, 6.45) is 5.04. The third-order valence-corrected chi connectivity index (χ3v) is 7.85. The van der Waals surface area contributed by atoms with Gasteiger partial charge in [0.05, 0.1) is 35.0 Å². The number of aromatic nitrogens is 1. The van der Waals surface area contributed by atoms with Crippen LogP contribution in [-0.4, -0.2) is 58.7 Å². The average molecular weight is 527 g/mol. The molecular formula is C30H30N4O3S. The van der Waals surface area contributed by atoms with Crippen molar-refractivity contribution in [2.45, 2.75) is 19.4 Å². The number of piperidine rings is 1. The number of anilines is 1. The molecule has 194 valence electrons. The number of amides is 3. The molecule has 1 saturated heterocycles. The van der Waals surface area contributed by atoms with Gasteiger partial charge in [0.1, 0.15) is 5.01 Å². The first-order chi connectivity index (χ1) is 18.5. The molecule has 0 N–H and O–H groups in total. The Kier molecular flexibility index (Phi) is 7.51. The highest BCUT2D eigenvalue weighted by Gasteiger charge is 2.40. The van der Waals surface area contributed by atoms with Crippen LogP contribution in [0.15, 0.2) is 79.2 Å². The molecule has 5 rings (SSSR count). The van der Waals surface area contributed by atoms with Crippen LogP contribution in [0.1, 0.15) is 38.6 Å². The second-order valence-corrected chi connectivity index (χ2v) is 10.4. The van der Waals surface area contributed by atoms with E-state index in [1.807, 2.05) is 47.8 Å². The van der Waals surface area contributed by atoms with Crippen molar-refractivity contribution >= 4 is 34.7 Å². The summed E-state index contributed by atoms with van der Waals surface area (Å²) in [5.41, 5.74) is 3.35. The van der Waals surface area contributed by atoms with Crippen molar-refractivity contribution in [1.82, 2.24) is 14.8 Å². The highest BCUT2D eigenvalue weighted by molar-refractivity contribution is 7.10. The van der Waals surface area contributed by atoms with Gasteiger partial charge in [-0.05, 0) is 25.0 Å². The maximum Gasteiger partial charge on any atom is 0.264 e. The summed E-state index contributed by atoms with van der Waals surface area (Å²) in [5.74, 6) is -0.764. The molecule has 1 fully saturated rings. The van der Waals surface area contributed by atoms with Gasteiger partial charge in [-0.15, -0.1) is 24.5 Å². The van der Waals surface area contributed by atoms with Crippen molar-refractivity contribution in [3.63, 3.8) is 0 Å². The maximum absolute atomic E-state index is 13.6. The van der Waals surface area contributed by atoms with Crippen LogP contribution in [0.5, 0.6) is 0 Å². The molecule has 0 radical (unpaired) electrons. The molecule has 0 unspecified atom stereocenters. The zero-order chi connectivity index (χ0) is 26.6. The molecule has 0 spiro atoms. The van der Waals surface area contributed by atoms with E-state index in [1.165, 1.54) is 16.2 Å². The van der Waals surface area contributed by atoms with Crippen LogP contribution in [-0.2, 0) is 11.3 Å². The largest absolute Gasteiger partial charge is 0.370 e. The van der Waals surface area contributed by atoms with Crippen molar-refractivity contribution in [2.24, 2.45) is 5.92 Å². The number of benzene rings is 2. The van der Waals surface area contributed by atoms with Gasteiger partial charge < -0.3 is 9.80 Å². The van der Waals surface area contributed by atoms with Gasteiger partial charge in [0.15, 0.2) is 0 Å². The summed E-state index contributed by atoms with van der Waals surface area (Å²) in [6, 6.07) is 15.2. The molecule has 2 aromatic carbocycles. The van der Waals surface area contributed by atoms with E-state index in [0.29, 0.717) is 41.5 Å². The summed E-state index contributed by atoms with van der Waals surface area (Å²) in [7, 11) is 0. The molecule has 1 aromatic heterocycles. The third kappa shape index (κ3) is 4.91. The van der Waals surface area contributed by atoms with Gasteiger partial charge in [-0.3, -0.25) is 19.3 Å². The third-order valence-electron chi connectivity index (χ3n) is 7.01. The molecule has 1 atom stereocenters. The van der Waals surface area contributed by atoms with Crippen molar-refractivity contribution in [1.29, 1.82) is 0 Å². The molecular weight excluding hydrogens is 496 g/mol. The summed E-state index contributed by atoms with van der Waals surface area (Å²) < 4.78 is 0. The lowest BCUT2D eigenvalue weighted by Crippen LogP contribution is -2.45. The highest BCUT2D eigenvalue weighted by atomic mass is 32.1. The molecule has 7 nitrogen and oxygen atoms in total. The molecule has 0 bridgehead atoms. The van der Waals surface area contributed by atoms with Crippen LogP contribution in [0.2, 0.25) is 0 Å². The van der Waals surface area contributed by atoms with Gasteiger partial charge in [0, 0.05) is 37.1 Å². The zero-order valence-corrected chi connectivity index (χ0v) is 22.0. The first kappa shape index (κ1) is 25.6. The van der Waals surface area contributed by atoms with Gasteiger partial charge in [-0.2, -0.15) is 0 Å². The van der Waals surface area contributed by atoms with Crippen LogP contribution >= 0.6 is 11.3 Å². The van der Waals surface area contributed by atoms with Crippen LogP contribution in [0.25, 0.3) is 11.3 Å². The van der Waals surface area contributed by atoms with E-state index in [-0.39, 0.29) is 30.2 Å². The zero-order valence-electron chi connectivity index (χ0n) is 21.2. The molecule has 2 aliphatic rings. The van der Waals surface area contributed by atoms with Gasteiger partial charge in [-0.25, -0.2) is 4.98 Å². The van der Waals surface area contributed by atoms with Crippen LogP contribution in [0.4, 0.5) is 5.69 Å². The number of rotatable bonds is 9. The van der Waals surface area contributed by atoms with E-state index < -0.39 is 0 Å². The number of fused-ring (bicyclic) bond motifs is 1. The monoisotopic (exact) mass is 526 g/mol. The Hall–Kier alpha value is -4.04. The maximum atomic E-state index is 13.6. The molecule has 8 heteroatoms. The first-order valence-electron chi connectivity index (χ1n) is 12.8. The minimum Gasteiger partial charge on any atom is -0.370 e. The predicted octanol–water partition coefficient (Wildman–Crippen LogP) is 5.02. The number of thiazole rings is 1.